The van der Waals surface area contributed by atoms with Gasteiger partial charge in [-0.05, 0) is 0 Å². The molecule has 120 valence electrons. The lowest BCUT2D eigenvalue weighted by molar-refractivity contribution is -0.181. The van der Waals surface area contributed by atoms with Crippen molar-refractivity contribution in [3.05, 3.63) is 29.7 Å². The Morgan fingerprint density at radius 1 is 1.22 bits per heavy atom. The van der Waals surface area contributed by atoms with Gasteiger partial charge in [0.2, 0.25) is 0 Å². The smallest absolute Gasteiger partial charge is 0.273 e. The highest BCUT2D eigenvalue weighted by Gasteiger charge is 2.41. The number of carbonyl (C=O) groups is 1. The maximum atomic E-state index is 12.6. The fraction of sp³-hybridized carbons (Fsp3) is 0.467. The Kier molecular flexibility index (Phi) is 3.80. The molecule has 0 bridgehead atoms. The van der Waals surface area contributed by atoms with Gasteiger partial charge in [0.05, 0.1) is 19.4 Å². The van der Waals surface area contributed by atoms with Crippen LogP contribution in [0.3, 0.4) is 0 Å². The third-order valence-corrected chi connectivity index (χ3v) is 5.00. The predicted molar refractivity (Wildman–Crippen MR) is 82.9 cm³/mol. The van der Waals surface area contributed by atoms with E-state index in [2.05, 4.69) is 15.0 Å². The molecule has 8 heteroatoms. The summed E-state index contributed by atoms with van der Waals surface area (Å²) in [4.78, 5) is 27.1. The van der Waals surface area contributed by atoms with Crippen molar-refractivity contribution in [2.75, 3.05) is 26.3 Å². The number of rotatable bonds is 2. The van der Waals surface area contributed by atoms with E-state index in [0.29, 0.717) is 55.5 Å². The summed E-state index contributed by atoms with van der Waals surface area (Å²) in [6.45, 7) is 2.52. The standard InChI is InChI=1S/C15H16N4O3S/c20-14(19-5-1-15(2-6-19)21-7-8-22-15)12-10-23-13(18-12)11-9-16-3-4-17-11/h3-4,9-10H,1-2,5-8H2. The molecule has 0 atom stereocenters. The van der Waals surface area contributed by atoms with Gasteiger partial charge in [0.1, 0.15) is 16.4 Å². The minimum absolute atomic E-state index is 0.0516. The molecule has 7 nitrogen and oxygen atoms in total. The summed E-state index contributed by atoms with van der Waals surface area (Å²) in [7, 11) is 0. The first kappa shape index (κ1) is 14.7. The number of amides is 1. The Bertz CT molecular complexity index is 690. The van der Waals surface area contributed by atoms with Crippen LogP contribution in [0, 0.1) is 0 Å². The number of hydrogen-bond acceptors (Lipinski definition) is 7. The third kappa shape index (κ3) is 2.85. The van der Waals surface area contributed by atoms with E-state index in [-0.39, 0.29) is 5.91 Å². The minimum Gasteiger partial charge on any atom is -0.347 e. The van der Waals surface area contributed by atoms with Gasteiger partial charge < -0.3 is 14.4 Å². The van der Waals surface area contributed by atoms with Crippen LogP contribution >= 0.6 is 11.3 Å². The molecule has 0 radical (unpaired) electrons. The highest BCUT2D eigenvalue weighted by atomic mass is 32.1. The number of piperidine rings is 1. The van der Waals surface area contributed by atoms with E-state index in [1.807, 2.05) is 4.90 Å². The minimum atomic E-state index is -0.469. The van der Waals surface area contributed by atoms with Gasteiger partial charge in [-0.25, -0.2) is 4.98 Å². The normalized spacial score (nSPS) is 20.1. The predicted octanol–water partition coefficient (Wildman–Crippen LogP) is 1.58. The molecule has 2 aliphatic heterocycles. The molecule has 1 spiro atoms. The van der Waals surface area contributed by atoms with E-state index < -0.39 is 5.79 Å². The van der Waals surface area contributed by atoms with Crippen LogP contribution in [0.4, 0.5) is 0 Å². The first-order valence-electron chi connectivity index (χ1n) is 7.55. The first-order valence-corrected chi connectivity index (χ1v) is 8.43. The number of thiazole rings is 1. The Balaban J connectivity index is 1.45. The molecule has 0 saturated carbocycles. The van der Waals surface area contributed by atoms with Crippen LogP contribution in [0.15, 0.2) is 24.0 Å². The largest absolute Gasteiger partial charge is 0.347 e. The summed E-state index contributed by atoms with van der Waals surface area (Å²) in [6.07, 6.45) is 6.29. The van der Waals surface area contributed by atoms with Crippen molar-refractivity contribution < 1.29 is 14.3 Å². The maximum absolute atomic E-state index is 12.6. The number of carbonyl (C=O) groups excluding carboxylic acids is 1. The van der Waals surface area contributed by atoms with Gasteiger partial charge in [-0.15, -0.1) is 11.3 Å². The van der Waals surface area contributed by atoms with Crippen molar-refractivity contribution in [3.8, 4) is 10.7 Å². The fourth-order valence-corrected chi connectivity index (χ4v) is 3.65. The lowest BCUT2D eigenvalue weighted by Crippen LogP contribution is -2.47. The topological polar surface area (TPSA) is 77.4 Å². The molecule has 2 aliphatic rings. The second-order valence-corrected chi connectivity index (χ2v) is 6.39. The van der Waals surface area contributed by atoms with Crippen LogP contribution in [-0.2, 0) is 9.47 Å². The summed E-state index contributed by atoms with van der Waals surface area (Å²) in [5.74, 6) is -0.520. The summed E-state index contributed by atoms with van der Waals surface area (Å²) >= 11 is 1.40. The number of aromatic nitrogens is 3. The molecule has 2 aromatic heterocycles. The molecule has 0 aromatic carbocycles. The molecule has 2 saturated heterocycles. The molecule has 4 rings (SSSR count). The summed E-state index contributed by atoms with van der Waals surface area (Å²) in [5.41, 5.74) is 1.14. The van der Waals surface area contributed by atoms with E-state index in [1.54, 1.807) is 24.0 Å². The van der Waals surface area contributed by atoms with Gasteiger partial charge in [0.15, 0.2) is 5.79 Å². The number of nitrogens with zero attached hydrogens (tertiary/aromatic N) is 4. The van der Waals surface area contributed by atoms with E-state index >= 15 is 0 Å². The van der Waals surface area contributed by atoms with Crippen molar-refractivity contribution >= 4 is 17.2 Å². The lowest BCUT2D eigenvalue weighted by atomic mass is 10.0. The second-order valence-electron chi connectivity index (χ2n) is 5.53. The number of likely N-dealkylation sites (tertiary alicyclic amines) is 1. The van der Waals surface area contributed by atoms with Crippen LogP contribution in [0.2, 0.25) is 0 Å². The molecule has 2 fully saturated rings. The van der Waals surface area contributed by atoms with E-state index in [4.69, 9.17) is 9.47 Å². The molecule has 0 unspecified atom stereocenters. The average Bonchev–Trinajstić information content (AvgIpc) is 3.26. The van der Waals surface area contributed by atoms with Crippen LogP contribution in [-0.4, -0.2) is 57.8 Å². The first-order chi connectivity index (χ1) is 11.3. The molecule has 23 heavy (non-hydrogen) atoms. The SMILES string of the molecule is O=C(c1csc(-c2cnccn2)n1)N1CCC2(CC1)OCCO2. The van der Waals surface area contributed by atoms with Crippen molar-refractivity contribution in [1.82, 2.24) is 19.9 Å². The van der Waals surface area contributed by atoms with E-state index in [9.17, 15) is 4.79 Å². The number of ether oxygens (including phenoxy) is 2. The van der Waals surface area contributed by atoms with Crippen LogP contribution in [0.25, 0.3) is 10.7 Å². The van der Waals surface area contributed by atoms with Gasteiger partial charge in [-0.2, -0.15) is 0 Å². The molecular weight excluding hydrogens is 316 g/mol. The second kappa shape index (κ2) is 5.95. The van der Waals surface area contributed by atoms with Crippen LogP contribution in [0.1, 0.15) is 23.3 Å². The van der Waals surface area contributed by atoms with Gasteiger partial charge >= 0.3 is 0 Å². The molecule has 0 N–H and O–H groups in total. The van der Waals surface area contributed by atoms with E-state index in [1.165, 1.54) is 11.3 Å². The summed E-state index contributed by atoms with van der Waals surface area (Å²) < 4.78 is 11.4. The highest BCUT2D eigenvalue weighted by molar-refractivity contribution is 7.13. The van der Waals surface area contributed by atoms with Gasteiger partial charge in [-0.3, -0.25) is 14.8 Å². The van der Waals surface area contributed by atoms with Gasteiger partial charge in [0, 0.05) is 43.7 Å². The zero-order valence-corrected chi connectivity index (χ0v) is 13.3. The third-order valence-electron chi connectivity index (χ3n) is 4.13. The van der Waals surface area contributed by atoms with Crippen molar-refractivity contribution in [2.24, 2.45) is 0 Å². The fourth-order valence-electron chi connectivity index (χ4n) is 2.90. The van der Waals surface area contributed by atoms with E-state index in [0.717, 1.165) is 0 Å². The highest BCUT2D eigenvalue weighted by Crippen LogP contribution is 2.32. The summed E-state index contributed by atoms with van der Waals surface area (Å²) in [6, 6.07) is 0. The Morgan fingerprint density at radius 3 is 2.70 bits per heavy atom. The molecule has 0 aliphatic carbocycles. The van der Waals surface area contributed by atoms with Crippen molar-refractivity contribution in [2.45, 2.75) is 18.6 Å². The maximum Gasteiger partial charge on any atom is 0.273 e. The van der Waals surface area contributed by atoms with Crippen LogP contribution < -0.4 is 0 Å². The molecular formula is C15H16N4O3S. The Labute approximate surface area is 137 Å². The van der Waals surface area contributed by atoms with Gasteiger partial charge in [0.25, 0.3) is 5.91 Å². The lowest BCUT2D eigenvalue weighted by Gasteiger charge is -2.37. The zero-order valence-electron chi connectivity index (χ0n) is 12.5. The quantitative estimate of drug-likeness (QED) is 0.831. The molecule has 1 amide bonds. The van der Waals surface area contributed by atoms with Crippen LogP contribution in [0.5, 0.6) is 0 Å². The summed E-state index contributed by atoms with van der Waals surface area (Å²) in [5, 5.41) is 2.48. The molecule has 4 heterocycles. The van der Waals surface area contributed by atoms with Crippen molar-refractivity contribution in [3.63, 3.8) is 0 Å². The monoisotopic (exact) mass is 332 g/mol. The Morgan fingerprint density at radius 2 is 2.00 bits per heavy atom. The number of hydrogen-bond donors (Lipinski definition) is 0. The Hall–Kier alpha value is -1.90. The zero-order chi connectivity index (χ0) is 15.7. The van der Waals surface area contributed by atoms with Gasteiger partial charge in [-0.1, -0.05) is 0 Å². The molecule has 2 aromatic rings. The average molecular weight is 332 g/mol. The van der Waals surface area contributed by atoms with Crippen molar-refractivity contribution in [1.29, 1.82) is 0 Å².